The number of carboxylic acids is 1. The molecule has 0 fully saturated rings. The molecule has 1 unspecified atom stereocenters. The molecule has 2 aromatic carbocycles. The SMILES string of the molecule is CC(C)CC(C(=O)O)N(C)C(=O)c1ccc(C#Cc2ccc(-c3cc(C(=O)NN)c4cnccc4n3)cc2)cc1. The van der Waals surface area contributed by atoms with Crippen LogP contribution in [0.5, 0.6) is 0 Å². The molecule has 0 spiro atoms. The summed E-state index contributed by atoms with van der Waals surface area (Å²) in [4.78, 5) is 46.8. The van der Waals surface area contributed by atoms with Gasteiger partial charge >= 0.3 is 5.97 Å². The predicted octanol–water partition coefficient (Wildman–Crippen LogP) is 3.87. The average molecular weight is 536 g/mol. The summed E-state index contributed by atoms with van der Waals surface area (Å²) in [6.45, 7) is 3.85. The minimum Gasteiger partial charge on any atom is -0.480 e. The number of amides is 2. The van der Waals surface area contributed by atoms with Crippen molar-refractivity contribution in [2.75, 3.05) is 7.05 Å². The number of carbonyl (C=O) groups excluding carboxylic acids is 2. The lowest BCUT2D eigenvalue weighted by Gasteiger charge is -2.26. The van der Waals surface area contributed by atoms with Crippen LogP contribution in [0.25, 0.3) is 22.2 Å². The number of benzene rings is 2. The molecule has 40 heavy (non-hydrogen) atoms. The topological polar surface area (TPSA) is 139 Å². The molecular formula is C31H29N5O4. The van der Waals surface area contributed by atoms with Crippen molar-refractivity contribution < 1.29 is 19.5 Å². The first kappa shape index (κ1) is 28.0. The Hall–Kier alpha value is -5.07. The Morgan fingerprint density at radius 2 is 1.62 bits per heavy atom. The van der Waals surface area contributed by atoms with Crippen LogP contribution in [-0.4, -0.2) is 50.8 Å². The molecular weight excluding hydrogens is 506 g/mol. The molecule has 0 saturated heterocycles. The summed E-state index contributed by atoms with van der Waals surface area (Å²) >= 11 is 0. The second-order valence-electron chi connectivity index (χ2n) is 9.73. The molecule has 0 saturated carbocycles. The smallest absolute Gasteiger partial charge is 0.326 e. The predicted molar refractivity (Wildman–Crippen MR) is 152 cm³/mol. The zero-order chi connectivity index (χ0) is 28.8. The summed E-state index contributed by atoms with van der Waals surface area (Å²) in [6, 6.07) is 16.8. The number of hydrazine groups is 1. The van der Waals surface area contributed by atoms with Crippen LogP contribution in [0.3, 0.4) is 0 Å². The first-order valence-corrected chi connectivity index (χ1v) is 12.7. The molecule has 0 bridgehead atoms. The summed E-state index contributed by atoms with van der Waals surface area (Å²) in [5, 5.41) is 10.1. The lowest BCUT2D eigenvalue weighted by Crippen LogP contribution is -2.43. The van der Waals surface area contributed by atoms with Crippen molar-refractivity contribution in [2.45, 2.75) is 26.3 Å². The molecule has 4 rings (SSSR count). The van der Waals surface area contributed by atoms with Gasteiger partial charge in [0.1, 0.15) is 6.04 Å². The first-order valence-electron chi connectivity index (χ1n) is 12.7. The molecule has 2 amide bonds. The molecule has 0 radical (unpaired) electrons. The van der Waals surface area contributed by atoms with Crippen molar-refractivity contribution >= 4 is 28.7 Å². The monoisotopic (exact) mass is 535 g/mol. The second-order valence-corrected chi connectivity index (χ2v) is 9.73. The fourth-order valence-corrected chi connectivity index (χ4v) is 4.26. The number of hydrogen-bond donors (Lipinski definition) is 3. The lowest BCUT2D eigenvalue weighted by atomic mass is 10.0. The van der Waals surface area contributed by atoms with Gasteiger partial charge in [0.15, 0.2) is 0 Å². The normalized spacial score (nSPS) is 11.4. The van der Waals surface area contributed by atoms with Gasteiger partial charge in [-0.2, -0.15) is 0 Å². The Balaban J connectivity index is 1.50. The highest BCUT2D eigenvalue weighted by atomic mass is 16.4. The first-order chi connectivity index (χ1) is 19.2. The van der Waals surface area contributed by atoms with Gasteiger partial charge < -0.3 is 10.0 Å². The molecule has 9 nitrogen and oxygen atoms in total. The number of likely N-dealkylation sites (N-methyl/N-ethyl adjacent to an activating group) is 1. The van der Waals surface area contributed by atoms with Crippen molar-refractivity contribution in [1.82, 2.24) is 20.3 Å². The van der Waals surface area contributed by atoms with Crippen molar-refractivity contribution in [3.8, 4) is 23.1 Å². The third kappa shape index (κ3) is 6.31. The van der Waals surface area contributed by atoms with E-state index in [1.807, 2.05) is 38.1 Å². The average Bonchev–Trinajstić information content (AvgIpc) is 2.97. The number of hydrogen-bond acceptors (Lipinski definition) is 6. The van der Waals surface area contributed by atoms with E-state index in [9.17, 15) is 19.5 Å². The number of nitrogens with one attached hydrogen (secondary N) is 1. The van der Waals surface area contributed by atoms with Crippen LogP contribution in [0.2, 0.25) is 0 Å². The fraction of sp³-hybridized carbons (Fsp3) is 0.194. The number of nitrogens with zero attached hydrogens (tertiary/aromatic N) is 3. The molecule has 4 N–H and O–H groups in total. The standard InChI is InChI=1S/C31H29N5O4/c1-19(2)16-28(31(39)40)36(3)30(38)23-12-8-21(9-13-23)5-4-20-6-10-22(11-7-20)27-17-24(29(37)35-32)25-18-33-15-14-26(25)34-27/h6-15,17-19,28H,16,32H2,1-3H3,(H,35,37)(H,39,40). The quantitative estimate of drug-likeness (QED) is 0.141. The Kier molecular flexibility index (Phi) is 8.52. The summed E-state index contributed by atoms with van der Waals surface area (Å²) in [5.41, 5.74) is 6.47. The highest BCUT2D eigenvalue weighted by Gasteiger charge is 2.27. The third-order valence-electron chi connectivity index (χ3n) is 6.42. The number of aromatic nitrogens is 2. The molecule has 0 aliphatic carbocycles. The summed E-state index contributed by atoms with van der Waals surface area (Å²) in [7, 11) is 1.51. The van der Waals surface area contributed by atoms with Crippen molar-refractivity contribution in [3.63, 3.8) is 0 Å². The van der Waals surface area contributed by atoms with Gasteiger partial charge in [0.05, 0.1) is 16.8 Å². The van der Waals surface area contributed by atoms with Crippen LogP contribution >= 0.6 is 0 Å². The molecule has 9 heteroatoms. The highest BCUT2D eigenvalue weighted by molar-refractivity contribution is 6.06. The van der Waals surface area contributed by atoms with Gasteiger partial charge in [-0.05, 0) is 60.9 Å². The largest absolute Gasteiger partial charge is 0.480 e. The van der Waals surface area contributed by atoms with Crippen LogP contribution in [0, 0.1) is 17.8 Å². The van der Waals surface area contributed by atoms with Crippen molar-refractivity contribution in [2.24, 2.45) is 11.8 Å². The van der Waals surface area contributed by atoms with Crippen LogP contribution in [0.1, 0.15) is 52.1 Å². The number of nitrogens with two attached hydrogens (primary N) is 1. The lowest BCUT2D eigenvalue weighted by molar-refractivity contribution is -0.142. The number of rotatable bonds is 7. The maximum atomic E-state index is 12.8. The molecule has 4 aromatic rings. The minimum atomic E-state index is -1.02. The van der Waals surface area contributed by atoms with E-state index in [1.54, 1.807) is 48.8 Å². The number of aliphatic carboxylic acids is 1. The zero-order valence-electron chi connectivity index (χ0n) is 22.4. The number of fused-ring (bicyclic) bond motifs is 1. The third-order valence-corrected chi connectivity index (χ3v) is 6.42. The van der Waals surface area contributed by atoms with Gasteiger partial charge in [0, 0.05) is 47.1 Å². The van der Waals surface area contributed by atoms with Gasteiger partial charge in [-0.15, -0.1) is 0 Å². The van der Waals surface area contributed by atoms with Gasteiger partial charge in [-0.3, -0.25) is 20.0 Å². The Bertz CT molecular complexity index is 1620. The van der Waals surface area contributed by atoms with E-state index in [1.165, 1.54) is 11.9 Å². The number of carbonyl (C=O) groups is 3. The maximum Gasteiger partial charge on any atom is 0.326 e. The maximum absolute atomic E-state index is 12.8. The summed E-state index contributed by atoms with van der Waals surface area (Å²) < 4.78 is 0. The number of nitrogen functional groups attached to an aromatic ring is 1. The van der Waals surface area contributed by atoms with Crippen molar-refractivity contribution in [3.05, 3.63) is 95.3 Å². The molecule has 0 aliphatic rings. The van der Waals surface area contributed by atoms with Crippen LogP contribution in [-0.2, 0) is 4.79 Å². The molecule has 202 valence electrons. The van der Waals surface area contributed by atoms with Gasteiger partial charge in [0.25, 0.3) is 11.8 Å². The van der Waals surface area contributed by atoms with E-state index < -0.39 is 17.9 Å². The second kappa shape index (κ2) is 12.2. The Morgan fingerprint density at radius 1 is 1.00 bits per heavy atom. The minimum absolute atomic E-state index is 0.139. The van der Waals surface area contributed by atoms with E-state index in [2.05, 4.69) is 27.2 Å². The van der Waals surface area contributed by atoms with E-state index in [0.29, 0.717) is 39.7 Å². The Labute approximate surface area is 232 Å². The molecule has 0 aliphatic heterocycles. The summed E-state index contributed by atoms with van der Waals surface area (Å²) in [5.74, 6) is 9.88. The van der Waals surface area contributed by atoms with Crippen LogP contribution in [0.4, 0.5) is 0 Å². The fourth-order valence-electron chi connectivity index (χ4n) is 4.26. The van der Waals surface area contributed by atoms with Gasteiger partial charge in [0.2, 0.25) is 0 Å². The van der Waals surface area contributed by atoms with E-state index in [4.69, 9.17) is 5.84 Å². The highest BCUT2D eigenvalue weighted by Crippen LogP contribution is 2.25. The van der Waals surface area contributed by atoms with E-state index in [0.717, 1.165) is 11.1 Å². The van der Waals surface area contributed by atoms with Crippen LogP contribution in [0.15, 0.2) is 73.1 Å². The summed E-state index contributed by atoms with van der Waals surface area (Å²) in [6.07, 6.45) is 3.57. The van der Waals surface area contributed by atoms with Gasteiger partial charge in [-0.1, -0.05) is 37.8 Å². The zero-order valence-corrected chi connectivity index (χ0v) is 22.4. The van der Waals surface area contributed by atoms with E-state index in [-0.39, 0.29) is 11.8 Å². The molecule has 2 aromatic heterocycles. The molecule has 1 atom stereocenters. The molecule has 2 heterocycles. The van der Waals surface area contributed by atoms with Gasteiger partial charge in [-0.25, -0.2) is 15.6 Å². The Morgan fingerprint density at radius 3 is 2.20 bits per heavy atom. The van der Waals surface area contributed by atoms with E-state index >= 15 is 0 Å². The number of carboxylic acid groups (broad SMARTS) is 1. The van der Waals surface area contributed by atoms with Crippen LogP contribution < -0.4 is 11.3 Å². The number of pyridine rings is 2. The van der Waals surface area contributed by atoms with Crippen molar-refractivity contribution in [1.29, 1.82) is 0 Å².